The molecule has 0 radical (unpaired) electrons. The highest BCUT2D eigenvalue weighted by Crippen LogP contribution is 2.29. The Balaban J connectivity index is 2.26. The summed E-state index contributed by atoms with van der Waals surface area (Å²) in [5.74, 6) is 0.710. The van der Waals surface area contributed by atoms with E-state index in [1.807, 2.05) is 4.40 Å². The molecule has 0 aliphatic heterocycles. The van der Waals surface area contributed by atoms with Crippen molar-refractivity contribution in [3.8, 4) is 0 Å². The number of nitrogens with two attached hydrogens (primary N) is 1. The van der Waals surface area contributed by atoms with E-state index in [4.69, 9.17) is 5.73 Å². The number of H-pyrrole nitrogens is 1. The van der Waals surface area contributed by atoms with E-state index in [2.05, 4.69) is 45.9 Å². The highest BCUT2D eigenvalue weighted by molar-refractivity contribution is 5.84. The second-order valence-corrected chi connectivity index (χ2v) is 5.44. The predicted octanol–water partition coefficient (Wildman–Crippen LogP) is 1.05. The zero-order valence-corrected chi connectivity index (χ0v) is 10.5. The van der Waals surface area contributed by atoms with E-state index >= 15 is 0 Å². The molecule has 7 nitrogen and oxygen atoms in total. The van der Waals surface area contributed by atoms with Gasteiger partial charge in [-0.1, -0.05) is 20.8 Å². The summed E-state index contributed by atoms with van der Waals surface area (Å²) in [4.78, 5) is 11.4. The first-order valence-electron chi connectivity index (χ1n) is 5.77. The van der Waals surface area contributed by atoms with Gasteiger partial charge in [0.2, 0.25) is 0 Å². The molecular weight excluding hydrogens is 230 g/mol. The number of nitrogens with one attached hydrogen (secondary N) is 1. The molecule has 0 saturated heterocycles. The first-order chi connectivity index (χ1) is 8.48. The summed E-state index contributed by atoms with van der Waals surface area (Å²) in [6.45, 7) is 6.21. The molecule has 7 heteroatoms. The average molecular weight is 245 g/mol. The summed E-state index contributed by atoms with van der Waals surface area (Å²) in [7, 11) is 0. The number of hydrogen-bond acceptors (Lipinski definition) is 5. The van der Waals surface area contributed by atoms with Crippen LogP contribution in [0.1, 0.15) is 32.6 Å². The van der Waals surface area contributed by atoms with Crippen molar-refractivity contribution in [2.45, 2.75) is 26.8 Å². The number of imidazole rings is 1. The fourth-order valence-electron chi connectivity index (χ4n) is 1.85. The fraction of sp³-hybridized carbons (Fsp3) is 0.455. The standard InChI is InChI=1S/C11H15N7/c1-11(2,3)7(12)10-17-16-9-6-8(14-4-13-6)15-5-18(9)10/h4-5,7H,12H2,1-3H3,(H,13,14). The van der Waals surface area contributed by atoms with Gasteiger partial charge in [-0.15, -0.1) is 10.2 Å². The zero-order valence-electron chi connectivity index (χ0n) is 10.5. The number of aromatic nitrogens is 6. The van der Waals surface area contributed by atoms with Crippen LogP contribution < -0.4 is 5.73 Å². The van der Waals surface area contributed by atoms with Gasteiger partial charge in [-0.2, -0.15) is 0 Å². The summed E-state index contributed by atoms with van der Waals surface area (Å²) in [6.07, 6.45) is 3.26. The summed E-state index contributed by atoms with van der Waals surface area (Å²) in [5, 5.41) is 8.37. The minimum atomic E-state index is -0.213. The molecule has 0 aliphatic rings. The summed E-state index contributed by atoms with van der Waals surface area (Å²) in [5.41, 5.74) is 8.24. The van der Waals surface area contributed by atoms with E-state index in [-0.39, 0.29) is 11.5 Å². The molecule has 3 rings (SSSR count). The summed E-state index contributed by atoms with van der Waals surface area (Å²) < 4.78 is 1.82. The van der Waals surface area contributed by atoms with Crippen molar-refractivity contribution >= 4 is 16.8 Å². The Kier molecular flexibility index (Phi) is 2.15. The lowest BCUT2D eigenvalue weighted by Gasteiger charge is -2.25. The van der Waals surface area contributed by atoms with Crippen LogP contribution in [0.25, 0.3) is 16.8 Å². The monoisotopic (exact) mass is 245 g/mol. The van der Waals surface area contributed by atoms with Crippen molar-refractivity contribution in [2.24, 2.45) is 11.1 Å². The maximum absolute atomic E-state index is 6.23. The van der Waals surface area contributed by atoms with E-state index in [1.54, 1.807) is 12.7 Å². The molecule has 0 aliphatic carbocycles. The molecule has 18 heavy (non-hydrogen) atoms. The zero-order chi connectivity index (χ0) is 12.9. The van der Waals surface area contributed by atoms with Crippen molar-refractivity contribution in [3.05, 3.63) is 18.5 Å². The largest absolute Gasteiger partial charge is 0.340 e. The highest BCUT2D eigenvalue weighted by Gasteiger charge is 2.27. The lowest BCUT2D eigenvalue weighted by molar-refractivity contribution is 0.313. The van der Waals surface area contributed by atoms with Crippen LogP contribution in [-0.2, 0) is 0 Å². The van der Waals surface area contributed by atoms with Crippen LogP contribution in [0.4, 0.5) is 0 Å². The Morgan fingerprint density at radius 2 is 2.06 bits per heavy atom. The lowest BCUT2D eigenvalue weighted by atomic mass is 9.87. The molecule has 3 N–H and O–H groups in total. The molecule has 3 heterocycles. The first-order valence-corrected chi connectivity index (χ1v) is 5.77. The third kappa shape index (κ3) is 1.47. The Hall–Kier alpha value is -2.02. The summed E-state index contributed by atoms with van der Waals surface area (Å²) >= 11 is 0. The van der Waals surface area contributed by atoms with Gasteiger partial charge in [0.1, 0.15) is 11.8 Å². The van der Waals surface area contributed by atoms with Gasteiger partial charge < -0.3 is 10.7 Å². The smallest absolute Gasteiger partial charge is 0.189 e. The molecule has 3 aromatic heterocycles. The molecule has 0 saturated carbocycles. The van der Waals surface area contributed by atoms with Gasteiger partial charge in [-0.25, -0.2) is 9.97 Å². The summed E-state index contributed by atoms with van der Waals surface area (Å²) in [6, 6.07) is -0.213. The highest BCUT2D eigenvalue weighted by atomic mass is 15.3. The molecule has 0 spiro atoms. The third-order valence-electron chi connectivity index (χ3n) is 3.07. The maximum Gasteiger partial charge on any atom is 0.189 e. The van der Waals surface area contributed by atoms with Crippen LogP contribution in [0.3, 0.4) is 0 Å². The lowest BCUT2D eigenvalue weighted by Crippen LogP contribution is -2.28. The van der Waals surface area contributed by atoms with Crippen LogP contribution in [0.15, 0.2) is 12.7 Å². The van der Waals surface area contributed by atoms with Crippen molar-refractivity contribution in [1.82, 2.24) is 29.5 Å². The molecule has 1 atom stereocenters. The van der Waals surface area contributed by atoms with Crippen molar-refractivity contribution in [3.63, 3.8) is 0 Å². The average Bonchev–Trinajstić information content (AvgIpc) is 2.92. The third-order valence-corrected chi connectivity index (χ3v) is 3.07. The van der Waals surface area contributed by atoms with Crippen molar-refractivity contribution in [1.29, 1.82) is 0 Å². The topological polar surface area (TPSA) is 97.8 Å². The number of nitrogens with zero attached hydrogens (tertiary/aromatic N) is 5. The van der Waals surface area contributed by atoms with E-state index < -0.39 is 0 Å². The van der Waals surface area contributed by atoms with Gasteiger partial charge >= 0.3 is 0 Å². The SMILES string of the molecule is CC(C)(C)C(N)c1nnc2c3[nH]cnc3ncn12. The number of rotatable bonds is 1. The van der Waals surface area contributed by atoms with Gasteiger partial charge in [-0.05, 0) is 5.41 Å². The quantitative estimate of drug-likeness (QED) is 0.667. The number of fused-ring (bicyclic) bond motifs is 3. The van der Waals surface area contributed by atoms with Crippen LogP contribution in [0, 0.1) is 5.41 Å². The molecule has 0 bridgehead atoms. The minimum absolute atomic E-state index is 0.0914. The van der Waals surface area contributed by atoms with Gasteiger partial charge in [0.25, 0.3) is 0 Å². The Morgan fingerprint density at radius 1 is 1.28 bits per heavy atom. The maximum atomic E-state index is 6.23. The van der Waals surface area contributed by atoms with Crippen LogP contribution in [-0.4, -0.2) is 29.5 Å². The molecule has 0 aromatic carbocycles. The predicted molar refractivity (Wildman–Crippen MR) is 66.8 cm³/mol. The van der Waals surface area contributed by atoms with Crippen molar-refractivity contribution < 1.29 is 0 Å². The second kappa shape index (κ2) is 3.49. The number of hydrogen-bond donors (Lipinski definition) is 2. The Labute approximate surface area is 103 Å². The molecule has 94 valence electrons. The van der Waals surface area contributed by atoms with Crippen molar-refractivity contribution in [2.75, 3.05) is 0 Å². The Bertz CT molecular complexity index is 703. The van der Waals surface area contributed by atoms with E-state index in [9.17, 15) is 0 Å². The minimum Gasteiger partial charge on any atom is -0.340 e. The number of aromatic amines is 1. The molecule has 3 aromatic rings. The van der Waals surface area contributed by atoms with Crippen LogP contribution in [0.5, 0.6) is 0 Å². The molecule has 0 amide bonds. The van der Waals surface area contributed by atoms with Crippen LogP contribution in [0.2, 0.25) is 0 Å². The van der Waals surface area contributed by atoms with E-state index in [1.165, 1.54) is 0 Å². The van der Waals surface area contributed by atoms with E-state index in [0.717, 1.165) is 5.52 Å². The normalized spacial score (nSPS) is 14.4. The first kappa shape index (κ1) is 11.1. The van der Waals surface area contributed by atoms with Gasteiger partial charge in [0.05, 0.1) is 12.4 Å². The second-order valence-electron chi connectivity index (χ2n) is 5.44. The fourth-order valence-corrected chi connectivity index (χ4v) is 1.85. The van der Waals surface area contributed by atoms with Gasteiger partial charge in [-0.3, -0.25) is 4.40 Å². The van der Waals surface area contributed by atoms with Gasteiger partial charge in [0, 0.05) is 0 Å². The van der Waals surface area contributed by atoms with Crippen LogP contribution >= 0.6 is 0 Å². The molecule has 1 unspecified atom stereocenters. The molecular formula is C11H15N7. The molecule has 0 fully saturated rings. The Morgan fingerprint density at radius 3 is 2.78 bits per heavy atom. The van der Waals surface area contributed by atoms with E-state index in [0.29, 0.717) is 17.1 Å². The van der Waals surface area contributed by atoms with Gasteiger partial charge in [0.15, 0.2) is 17.1 Å².